The number of nitrogens with one attached hydrogen (secondary N) is 2. The summed E-state index contributed by atoms with van der Waals surface area (Å²) in [6.07, 6.45) is 2.11. The van der Waals surface area contributed by atoms with E-state index in [1.54, 1.807) is 31.4 Å². The fourth-order valence-electron chi connectivity index (χ4n) is 4.61. The number of para-hydroxylation sites is 1. The van der Waals surface area contributed by atoms with Gasteiger partial charge in [-0.25, -0.2) is 9.97 Å². The summed E-state index contributed by atoms with van der Waals surface area (Å²) in [6.45, 7) is 3.03. The number of fused-ring (bicyclic) bond motifs is 1. The highest BCUT2D eigenvalue weighted by molar-refractivity contribution is 5.93. The first-order valence-corrected chi connectivity index (χ1v) is 10.8. The maximum absolute atomic E-state index is 12.6. The van der Waals surface area contributed by atoms with Crippen LogP contribution in [0.3, 0.4) is 0 Å². The number of carbonyl (C=O) groups excluding carboxylic acids is 2. The molecule has 3 aromatic rings. The number of hydrogen-bond donors (Lipinski definition) is 3. The van der Waals surface area contributed by atoms with Crippen molar-refractivity contribution in [1.29, 1.82) is 0 Å². The van der Waals surface area contributed by atoms with Crippen LogP contribution in [0.25, 0.3) is 10.9 Å². The molecular weight excluding hydrogens is 424 g/mol. The topological polar surface area (TPSA) is 132 Å². The highest BCUT2D eigenvalue weighted by Crippen LogP contribution is 2.41. The van der Waals surface area contributed by atoms with Crippen molar-refractivity contribution in [3.05, 3.63) is 58.3 Å². The van der Waals surface area contributed by atoms with Crippen LogP contribution < -0.4 is 15.8 Å². The van der Waals surface area contributed by atoms with E-state index < -0.39 is 0 Å². The average molecular weight is 448 g/mol. The van der Waals surface area contributed by atoms with Gasteiger partial charge >= 0.3 is 0 Å². The van der Waals surface area contributed by atoms with Crippen molar-refractivity contribution in [2.75, 3.05) is 38.1 Å². The van der Waals surface area contributed by atoms with E-state index >= 15 is 0 Å². The molecule has 4 heterocycles. The van der Waals surface area contributed by atoms with Gasteiger partial charge in [0.15, 0.2) is 0 Å². The Morgan fingerprint density at radius 1 is 1.18 bits per heavy atom. The number of H-pyrrole nitrogens is 1. The Kier molecular flexibility index (Phi) is 4.99. The smallest absolute Gasteiger partial charge is 0.258 e. The molecule has 0 atom stereocenters. The predicted octanol–water partition coefficient (Wildman–Crippen LogP) is 0.665. The minimum atomic E-state index is -0.326. The Balaban J connectivity index is 1.13. The van der Waals surface area contributed by atoms with Crippen LogP contribution in [-0.4, -0.2) is 70.0 Å². The number of hydrogen-bond acceptors (Lipinski definition) is 7. The van der Waals surface area contributed by atoms with Gasteiger partial charge in [0.25, 0.3) is 11.5 Å². The Morgan fingerprint density at radius 2 is 1.97 bits per heavy atom. The van der Waals surface area contributed by atoms with Crippen LogP contribution >= 0.6 is 0 Å². The Hall–Kier alpha value is -3.95. The van der Waals surface area contributed by atoms with Gasteiger partial charge in [-0.05, 0) is 24.3 Å². The molecule has 33 heavy (non-hydrogen) atoms. The van der Waals surface area contributed by atoms with Gasteiger partial charge in [-0.2, -0.15) is 0 Å². The molecule has 10 heteroatoms. The third-order valence-electron chi connectivity index (χ3n) is 6.36. The lowest BCUT2D eigenvalue weighted by Gasteiger charge is -2.60. The second-order valence-electron chi connectivity index (χ2n) is 8.78. The molecule has 5 rings (SSSR count). The molecule has 170 valence electrons. The van der Waals surface area contributed by atoms with Gasteiger partial charge in [0.2, 0.25) is 5.91 Å². The number of carbonyl (C=O) groups is 2. The number of aryl methyl sites for hydroxylation is 1. The third-order valence-corrected chi connectivity index (χ3v) is 6.36. The molecule has 1 aromatic carbocycles. The first kappa shape index (κ1) is 20.9. The summed E-state index contributed by atoms with van der Waals surface area (Å²) >= 11 is 0. The van der Waals surface area contributed by atoms with E-state index in [0.29, 0.717) is 36.3 Å². The zero-order chi connectivity index (χ0) is 23.2. The van der Waals surface area contributed by atoms with Gasteiger partial charge in [-0.1, -0.05) is 6.07 Å². The lowest BCUT2D eigenvalue weighted by Crippen LogP contribution is -2.73. The molecule has 2 fully saturated rings. The number of aromatic hydroxyl groups is 1. The molecule has 1 spiro atoms. The van der Waals surface area contributed by atoms with Crippen LogP contribution in [0.1, 0.15) is 22.6 Å². The van der Waals surface area contributed by atoms with Crippen molar-refractivity contribution < 1.29 is 14.7 Å². The number of phenolic OH excluding ortho intramolecular Hbond substituents is 1. The lowest BCUT2D eigenvalue weighted by molar-refractivity contribution is -0.145. The molecule has 10 nitrogen and oxygen atoms in total. The molecule has 0 saturated carbocycles. The number of amides is 2. The summed E-state index contributed by atoms with van der Waals surface area (Å²) in [5.41, 5.74) is 0.540. The molecule has 2 aromatic heterocycles. The van der Waals surface area contributed by atoms with Crippen LogP contribution in [0.5, 0.6) is 5.75 Å². The van der Waals surface area contributed by atoms with Crippen LogP contribution in [-0.2, 0) is 11.2 Å². The molecule has 0 bridgehead atoms. The molecular formula is C23H24N6O4. The fraction of sp³-hybridized carbons (Fsp3) is 0.348. The van der Waals surface area contributed by atoms with Gasteiger partial charge in [-0.15, -0.1) is 0 Å². The second-order valence-corrected chi connectivity index (χ2v) is 8.78. The number of benzene rings is 1. The first-order valence-electron chi connectivity index (χ1n) is 10.8. The number of nitrogens with zero attached hydrogens (tertiary/aromatic N) is 4. The van der Waals surface area contributed by atoms with E-state index in [2.05, 4.69) is 25.2 Å². The third kappa shape index (κ3) is 3.77. The van der Waals surface area contributed by atoms with E-state index in [1.807, 2.05) is 11.0 Å². The SMILES string of the molecule is CNC(=O)c1ccc(N2CC3(CN(C(=O)CCc4nc5c(O)cccc5c(=O)[nH]4)C3)C2)nc1. The summed E-state index contributed by atoms with van der Waals surface area (Å²) in [5, 5.41) is 12.9. The van der Waals surface area contributed by atoms with E-state index in [-0.39, 0.29) is 40.5 Å². The first-order chi connectivity index (χ1) is 15.9. The molecule has 3 N–H and O–H groups in total. The van der Waals surface area contributed by atoms with Crippen molar-refractivity contribution in [2.24, 2.45) is 5.41 Å². The molecule has 2 aliphatic rings. The van der Waals surface area contributed by atoms with Gasteiger partial charge in [0, 0.05) is 57.7 Å². The Bertz CT molecular complexity index is 1290. The minimum Gasteiger partial charge on any atom is -0.506 e. The van der Waals surface area contributed by atoms with Crippen molar-refractivity contribution in [3.8, 4) is 5.75 Å². The summed E-state index contributed by atoms with van der Waals surface area (Å²) in [6, 6.07) is 8.27. The minimum absolute atomic E-state index is 0.0205. The molecule has 0 unspecified atom stereocenters. The number of phenols is 1. The van der Waals surface area contributed by atoms with E-state index in [0.717, 1.165) is 18.9 Å². The number of pyridine rings is 1. The van der Waals surface area contributed by atoms with E-state index in [9.17, 15) is 19.5 Å². The van der Waals surface area contributed by atoms with Gasteiger partial charge in [0.05, 0.1) is 10.9 Å². The van der Waals surface area contributed by atoms with Crippen LogP contribution in [0.15, 0.2) is 41.3 Å². The summed E-state index contributed by atoms with van der Waals surface area (Å²) in [5.74, 6) is 1.02. The molecule has 0 radical (unpaired) electrons. The predicted molar refractivity (Wildman–Crippen MR) is 121 cm³/mol. The standard InChI is InChI=1S/C23H24N6O4/c1-24-21(32)14-5-7-18(25-9-14)28-10-23(11-28)12-29(13-23)19(31)8-6-17-26-20-15(22(33)27-17)3-2-4-16(20)30/h2-5,7,9,30H,6,8,10-13H2,1H3,(H,24,32)(H,26,27,33). The maximum atomic E-state index is 12.6. The van der Waals surface area contributed by atoms with E-state index in [4.69, 9.17) is 0 Å². The zero-order valence-corrected chi connectivity index (χ0v) is 18.2. The maximum Gasteiger partial charge on any atom is 0.258 e. The fourth-order valence-corrected chi connectivity index (χ4v) is 4.61. The number of aromatic amines is 1. The number of likely N-dealkylation sites (tertiary alicyclic amines) is 1. The van der Waals surface area contributed by atoms with Crippen molar-refractivity contribution in [3.63, 3.8) is 0 Å². The normalized spacial score (nSPS) is 16.4. The highest BCUT2D eigenvalue weighted by atomic mass is 16.3. The van der Waals surface area contributed by atoms with Crippen molar-refractivity contribution in [2.45, 2.75) is 12.8 Å². The summed E-state index contributed by atoms with van der Waals surface area (Å²) in [7, 11) is 1.58. The van der Waals surface area contributed by atoms with Crippen LogP contribution in [0.4, 0.5) is 5.82 Å². The quantitative estimate of drug-likeness (QED) is 0.523. The number of rotatable bonds is 5. The monoisotopic (exact) mass is 448 g/mol. The lowest BCUT2D eigenvalue weighted by atomic mass is 9.72. The molecule has 2 aliphatic heterocycles. The summed E-state index contributed by atoms with van der Waals surface area (Å²) in [4.78, 5) is 51.8. The largest absolute Gasteiger partial charge is 0.506 e. The van der Waals surface area contributed by atoms with Crippen molar-refractivity contribution in [1.82, 2.24) is 25.2 Å². The van der Waals surface area contributed by atoms with Crippen LogP contribution in [0.2, 0.25) is 0 Å². The highest BCUT2D eigenvalue weighted by Gasteiger charge is 2.53. The molecule has 2 saturated heterocycles. The van der Waals surface area contributed by atoms with Crippen LogP contribution in [0, 0.1) is 5.41 Å². The number of aromatic nitrogens is 3. The van der Waals surface area contributed by atoms with Gasteiger partial charge in [0.1, 0.15) is 22.9 Å². The Morgan fingerprint density at radius 3 is 2.67 bits per heavy atom. The average Bonchev–Trinajstić information content (AvgIpc) is 2.76. The number of anilines is 1. The zero-order valence-electron chi connectivity index (χ0n) is 18.2. The van der Waals surface area contributed by atoms with Gasteiger partial charge in [-0.3, -0.25) is 14.4 Å². The van der Waals surface area contributed by atoms with E-state index in [1.165, 1.54) is 6.07 Å². The second kappa shape index (κ2) is 7.88. The molecule has 2 amide bonds. The Labute approximate surface area is 189 Å². The molecule has 0 aliphatic carbocycles. The summed E-state index contributed by atoms with van der Waals surface area (Å²) < 4.78 is 0. The van der Waals surface area contributed by atoms with Crippen molar-refractivity contribution >= 4 is 28.5 Å². The van der Waals surface area contributed by atoms with Gasteiger partial charge < -0.3 is 25.2 Å².